The van der Waals surface area contributed by atoms with E-state index in [4.69, 9.17) is 14.2 Å². The minimum absolute atomic E-state index is 0.00710. The lowest BCUT2D eigenvalue weighted by Gasteiger charge is -2.13. The van der Waals surface area contributed by atoms with Crippen molar-refractivity contribution in [2.24, 2.45) is 0 Å². The molecule has 0 aromatic heterocycles. The Morgan fingerprint density at radius 1 is 0.958 bits per heavy atom. The molecule has 0 heterocycles. The number of para-hydroxylation sites is 2. The zero-order chi connectivity index (χ0) is 17.8. The van der Waals surface area contributed by atoms with E-state index in [0.717, 1.165) is 19.3 Å². The molecule has 134 valence electrons. The third-order valence-electron chi connectivity index (χ3n) is 3.21. The minimum atomic E-state index is -0.381. The topological polar surface area (TPSA) is 61.8 Å². The second-order valence-electron chi connectivity index (χ2n) is 5.87. The van der Waals surface area contributed by atoms with Crippen LogP contribution in [0.4, 0.5) is 0 Å². The number of ether oxygens (including phenoxy) is 3. The van der Waals surface area contributed by atoms with Gasteiger partial charge in [0, 0.05) is 12.8 Å². The van der Waals surface area contributed by atoms with Crippen LogP contribution >= 0.6 is 0 Å². The van der Waals surface area contributed by atoms with Gasteiger partial charge in [-0.3, -0.25) is 9.59 Å². The molecule has 0 saturated carbocycles. The van der Waals surface area contributed by atoms with Crippen molar-refractivity contribution in [2.45, 2.75) is 65.4 Å². The first-order valence-electron chi connectivity index (χ1n) is 8.65. The highest BCUT2D eigenvalue weighted by Gasteiger charge is 2.12. The van der Waals surface area contributed by atoms with Crippen molar-refractivity contribution in [1.29, 1.82) is 0 Å². The van der Waals surface area contributed by atoms with Crippen molar-refractivity contribution < 1.29 is 23.8 Å². The van der Waals surface area contributed by atoms with Gasteiger partial charge in [0.05, 0.1) is 12.7 Å². The third-order valence-corrected chi connectivity index (χ3v) is 3.21. The summed E-state index contributed by atoms with van der Waals surface area (Å²) in [6.45, 7) is 6.37. The fourth-order valence-corrected chi connectivity index (χ4v) is 2.05. The Kier molecular flexibility index (Phi) is 9.58. The van der Waals surface area contributed by atoms with Crippen molar-refractivity contribution >= 4 is 11.9 Å². The zero-order valence-corrected chi connectivity index (χ0v) is 14.9. The lowest BCUT2D eigenvalue weighted by Crippen LogP contribution is -2.12. The third kappa shape index (κ3) is 8.56. The molecule has 24 heavy (non-hydrogen) atoms. The van der Waals surface area contributed by atoms with Crippen LogP contribution in [0.25, 0.3) is 0 Å². The molecule has 0 saturated heterocycles. The summed E-state index contributed by atoms with van der Waals surface area (Å²) in [6.07, 6.45) is 3.83. The van der Waals surface area contributed by atoms with E-state index in [1.165, 1.54) is 0 Å². The van der Waals surface area contributed by atoms with Crippen molar-refractivity contribution in [1.82, 2.24) is 0 Å². The first-order valence-corrected chi connectivity index (χ1v) is 8.65. The Hall–Kier alpha value is -2.04. The van der Waals surface area contributed by atoms with E-state index in [-0.39, 0.29) is 30.9 Å². The number of carbonyl (C=O) groups excluding carboxylic acids is 2. The van der Waals surface area contributed by atoms with Gasteiger partial charge in [-0.15, -0.1) is 0 Å². The van der Waals surface area contributed by atoms with Crippen molar-refractivity contribution in [2.75, 3.05) is 6.61 Å². The molecule has 0 fully saturated rings. The number of benzene rings is 1. The molecule has 0 atom stereocenters. The number of rotatable bonds is 11. The largest absolute Gasteiger partial charge is 0.487 e. The van der Waals surface area contributed by atoms with E-state index in [9.17, 15) is 9.59 Å². The standard InChI is InChI=1S/C19H28O5/c1-4-5-8-14-22-18(20)12-9-13-19(21)24-17-11-7-6-10-16(17)23-15(2)3/h6-7,10-11,15H,4-5,8-9,12-14H2,1-3H3. The van der Waals surface area contributed by atoms with Crippen molar-refractivity contribution in [3.05, 3.63) is 24.3 Å². The molecular formula is C19H28O5. The van der Waals surface area contributed by atoms with Gasteiger partial charge < -0.3 is 14.2 Å². The Balaban J connectivity index is 2.30. The number of hydrogen-bond acceptors (Lipinski definition) is 5. The fourth-order valence-electron chi connectivity index (χ4n) is 2.05. The Morgan fingerprint density at radius 2 is 1.62 bits per heavy atom. The van der Waals surface area contributed by atoms with Crippen LogP contribution in [0.2, 0.25) is 0 Å². The Morgan fingerprint density at radius 3 is 2.29 bits per heavy atom. The molecule has 0 aliphatic carbocycles. The SMILES string of the molecule is CCCCCOC(=O)CCCC(=O)Oc1ccccc1OC(C)C. The smallest absolute Gasteiger partial charge is 0.311 e. The summed E-state index contributed by atoms with van der Waals surface area (Å²) >= 11 is 0. The van der Waals surface area contributed by atoms with Crippen LogP contribution < -0.4 is 9.47 Å². The average molecular weight is 336 g/mol. The predicted octanol–water partition coefficient (Wildman–Crippen LogP) is 4.28. The molecule has 0 bridgehead atoms. The van der Waals surface area contributed by atoms with Crippen molar-refractivity contribution in [3.8, 4) is 11.5 Å². The summed E-state index contributed by atoms with van der Waals surface area (Å²) in [5.74, 6) is 0.297. The van der Waals surface area contributed by atoms with Gasteiger partial charge in [0.2, 0.25) is 0 Å². The summed E-state index contributed by atoms with van der Waals surface area (Å²) in [5, 5.41) is 0. The molecule has 0 amide bonds. The number of unbranched alkanes of at least 4 members (excludes halogenated alkanes) is 2. The predicted molar refractivity (Wildman–Crippen MR) is 92.2 cm³/mol. The minimum Gasteiger partial charge on any atom is -0.487 e. The van der Waals surface area contributed by atoms with Crippen molar-refractivity contribution in [3.63, 3.8) is 0 Å². The van der Waals surface area contributed by atoms with Gasteiger partial charge in [-0.1, -0.05) is 31.9 Å². The van der Waals surface area contributed by atoms with E-state index in [1.54, 1.807) is 18.2 Å². The quantitative estimate of drug-likeness (QED) is 0.343. The fraction of sp³-hybridized carbons (Fsp3) is 0.579. The van der Waals surface area contributed by atoms with Crippen LogP contribution in [0.1, 0.15) is 59.3 Å². The summed E-state index contributed by atoms with van der Waals surface area (Å²) < 4.78 is 16.0. The lowest BCUT2D eigenvalue weighted by atomic mass is 10.2. The van der Waals surface area contributed by atoms with E-state index in [2.05, 4.69) is 6.92 Å². The van der Waals surface area contributed by atoms with Gasteiger partial charge in [0.25, 0.3) is 0 Å². The number of hydrogen-bond donors (Lipinski definition) is 0. The van der Waals surface area contributed by atoms with E-state index in [1.807, 2.05) is 19.9 Å². The number of carbonyl (C=O) groups is 2. The molecule has 5 nitrogen and oxygen atoms in total. The Labute approximate surface area is 144 Å². The molecule has 0 unspecified atom stereocenters. The number of esters is 2. The summed E-state index contributed by atoms with van der Waals surface area (Å²) in [7, 11) is 0. The van der Waals surface area contributed by atoms with Crippen LogP contribution in [0, 0.1) is 0 Å². The molecule has 1 rings (SSSR count). The second-order valence-corrected chi connectivity index (χ2v) is 5.87. The summed E-state index contributed by atoms with van der Waals surface area (Å²) in [6, 6.07) is 7.06. The van der Waals surface area contributed by atoms with Crippen LogP contribution in [-0.2, 0) is 14.3 Å². The summed E-state index contributed by atoms with van der Waals surface area (Å²) in [4.78, 5) is 23.4. The molecule has 1 aromatic carbocycles. The highest BCUT2D eigenvalue weighted by Crippen LogP contribution is 2.27. The van der Waals surface area contributed by atoms with Gasteiger partial charge in [-0.25, -0.2) is 0 Å². The second kappa shape index (κ2) is 11.5. The zero-order valence-electron chi connectivity index (χ0n) is 14.9. The highest BCUT2D eigenvalue weighted by molar-refractivity contribution is 5.74. The maximum absolute atomic E-state index is 11.9. The average Bonchev–Trinajstić information content (AvgIpc) is 2.53. The monoisotopic (exact) mass is 336 g/mol. The maximum atomic E-state index is 11.9. The first kappa shape index (κ1) is 20.0. The van der Waals surface area contributed by atoms with Gasteiger partial charge in [-0.05, 0) is 38.8 Å². The van der Waals surface area contributed by atoms with Gasteiger partial charge in [0.1, 0.15) is 0 Å². The maximum Gasteiger partial charge on any atom is 0.311 e. The van der Waals surface area contributed by atoms with Gasteiger partial charge in [-0.2, -0.15) is 0 Å². The normalized spacial score (nSPS) is 10.5. The van der Waals surface area contributed by atoms with Crippen LogP contribution in [0.15, 0.2) is 24.3 Å². The van der Waals surface area contributed by atoms with Gasteiger partial charge in [0.15, 0.2) is 11.5 Å². The molecular weight excluding hydrogens is 308 g/mol. The van der Waals surface area contributed by atoms with E-state index in [0.29, 0.717) is 24.5 Å². The molecule has 0 N–H and O–H groups in total. The summed E-state index contributed by atoms with van der Waals surface area (Å²) in [5.41, 5.74) is 0. The van der Waals surface area contributed by atoms with Crippen LogP contribution in [-0.4, -0.2) is 24.6 Å². The van der Waals surface area contributed by atoms with Gasteiger partial charge >= 0.3 is 11.9 Å². The molecule has 0 aliphatic rings. The molecule has 5 heteroatoms. The highest BCUT2D eigenvalue weighted by atomic mass is 16.6. The van der Waals surface area contributed by atoms with Crippen LogP contribution in [0.5, 0.6) is 11.5 Å². The van der Waals surface area contributed by atoms with E-state index < -0.39 is 0 Å². The Bertz CT molecular complexity index is 510. The molecule has 0 radical (unpaired) electrons. The first-order chi connectivity index (χ1) is 11.5. The lowest BCUT2D eigenvalue weighted by molar-refractivity contribution is -0.144. The molecule has 0 spiro atoms. The van der Waals surface area contributed by atoms with E-state index >= 15 is 0 Å². The van der Waals surface area contributed by atoms with Crippen LogP contribution in [0.3, 0.4) is 0 Å². The molecule has 1 aromatic rings. The molecule has 0 aliphatic heterocycles.